The molecule has 2 N–H and O–H groups in total. The number of halogens is 2. The second-order valence-electron chi connectivity index (χ2n) is 5.72. The SMILES string of the molecule is CN(C)CC1CCCN1C(CN)c1ccc(F)c(Cl)c1. The topological polar surface area (TPSA) is 32.5 Å². The van der Waals surface area contributed by atoms with Gasteiger partial charge in [-0.05, 0) is 51.2 Å². The number of hydrogen-bond donors (Lipinski definition) is 1. The number of rotatable bonds is 5. The molecule has 0 aromatic heterocycles. The van der Waals surface area contributed by atoms with E-state index < -0.39 is 0 Å². The molecule has 0 spiro atoms. The van der Waals surface area contributed by atoms with Crippen LogP contribution < -0.4 is 5.73 Å². The molecule has 20 heavy (non-hydrogen) atoms. The largest absolute Gasteiger partial charge is 0.329 e. The molecule has 0 saturated carbocycles. The summed E-state index contributed by atoms with van der Waals surface area (Å²) in [4.78, 5) is 4.64. The maximum atomic E-state index is 13.3. The summed E-state index contributed by atoms with van der Waals surface area (Å²) in [6.45, 7) is 2.58. The lowest BCUT2D eigenvalue weighted by atomic mass is 10.0. The maximum absolute atomic E-state index is 13.3. The summed E-state index contributed by atoms with van der Waals surface area (Å²) in [7, 11) is 4.17. The highest BCUT2D eigenvalue weighted by Crippen LogP contribution is 2.30. The lowest BCUT2D eigenvalue weighted by Crippen LogP contribution is -2.42. The molecule has 112 valence electrons. The van der Waals surface area contributed by atoms with E-state index in [9.17, 15) is 4.39 Å². The Bertz CT molecular complexity index is 453. The molecule has 2 atom stereocenters. The Morgan fingerprint density at radius 2 is 2.25 bits per heavy atom. The molecule has 0 bridgehead atoms. The van der Waals surface area contributed by atoms with Crippen LogP contribution in [0.3, 0.4) is 0 Å². The molecule has 1 aliphatic heterocycles. The van der Waals surface area contributed by atoms with E-state index in [4.69, 9.17) is 17.3 Å². The zero-order valence-electron chi connectivity index (χ0n) is 12.1. The van der Waals surface area contributed by atoms with Crippen molar-refractivity contribution in [2.75, 3.05) is 33.7 Å². The van der Waals surface area contributed by atoms with Crippen LogP contribution >= 0.6 is 11.6 Å². The van der Waals surface area contributed by atoms with E-state index in [1.807, 2.05) is 0 Å². The molecule has 1 aromatic carbocycles. The van der Waals surface area contributed by atoms with Gasteiger partial charge in [-0.15, -0.1) is 0 Å². The van der Waals surface area contributed by atoms with Gasteiger partial charge in [0.05, 0.1) is 5.02 Å². The van der Waals surface area contributed by atoms with E-state index in [1.165, 1.54) is 18.9 Å². The first-order valence-electron chi connectivity index (χ1n) is 7.08. The van der Waals surface area contributed by atoms with Gasteiger partial charge in [-0.3, -0.25) is 4.90 Å². The number of benzene rings is 1. The molecule has 0 radical (unpaired) electrons. The maximum Gasteiger partial charge on any atom is 0.141 e. The van der Waals surface area contributed by atoms with Crippen LogP contribution in [0.2, 0.25) is 5.02 Å². The van der Waals surface area contributed by atoms with Gasteiger partial charge in [0.25, 0.3) is 0 Å². The molecule has 1 aliphatic rings. The van der Waals surface area contributed by atoms with Crippen molar-refractivity contribution >= 4 is 11.6 Å². The zero-order chi connectivity index (χ0) is 14.7. The lowest BCUT2D eigenvalue weighted by Gasteiger charge is -2.34. The van der Waals surface area contributed by atoms with E-state index in [1.54, 1.807) is 12.1 Å². The normalized spacial score (nSPS) is 21.6. The van der Waals surface area contributed by atoms with Crippen molar-refractivity contribution in [3.05, 3.63) is 34.6 Å². The highest BCUT2D eigenvalue weighted by Gasteiger charge is 2.31. The van der Waals surface area contributed by atoms with Gasteiger partial charge in [-0.1, -0.05) is 17.7 Å². The minimum absolute atomic E-state index is 0.112. The monoisotopic (exact) mass is 299 g/mol. The summed E-state index contributed by atoms with van der Waals surface area (Å²) in [5, 5.41) is 0.171. The summed E-state index contributed by atoms with van der Waals surface area (Å²) in [5.74, 6) is -0.377. The summed E-state index contributed by atoms with van der Waals surface area (Å²) in [6.07, 6.45) is 2.37. The summed E-state index contributed by atoms with van der Waals surface area (Å²) >= 11 is 5.90. The average Bonchev–Trinajstić information content (AvgIpc) is 2.82. The molecule has 1 fully saturated rings. The van der Waals surface area contributed by atoms with Crippen LogP contribution in [0.4, 0.5) is 4.39 Å². The van der Waals surface area contributed by atoms with E-state index >= 15 is 0 Å². The van der Waals surface area contributed by atoms with Crippen LogP contribution in [-0.4, -0.2) is 49.6 Å². The second kappa shape index (κ2) is 6.85. The van der Waals surface area contributed by atoms with Gasteiger partial charge in [0, 0.05) is 25.2 Å². The molecular formula is C15H23ClFN3. The molecule has 5 heteroatoms. The quantitative estimate of drug-likeness (QED) is 0.907. The average molecular weight is 300 g/mol. The third kappa shape index (κ3) is 3.50. The Morgan fingerprint density at radius 3 is 2.85 bits per heavy atom. The Labute approximate surface area is 125 Å². The summed E-state index contributed by atoms with van der Waals surface area (Å²) in [5.41, 5.74) is 6.98. The highest BCUT2D eigenvalue weighted by atomic mass is 35.5. The smallest absolute Gasteiger partial charge is 0.141 e. The van der Waals surface area contributed by atoms with Gasteiger partial charge < -0.3 is 10.6 Å². The number of likely N-dealkylation sites (tertiary alicyclic amines) is 1. The minimum Gasteiger partial charge on any atom is -0.329 e. The number of nitrogens with zero attached hydrogens (tertiary/aromatic N) is 2. The molecule has 0 amide bonds. The Hall–Kier alpha value is -0.680. The molecule has 1 heterocycles. The van der Waals surface area contributed by atoms with Crippen molar-refractivity contribution in [2.45, 2.75) is 24.9 Å². The molecule has 2 unspecified atom stereocenters. The molecule has 1 saturated heterocycles. The fourth-order valence-corrected chi connectivity index (χ4v) is 3.26. The van der Waals surface area contributed by atoms with Crippen molar-refractivity contribution in [3.8, 4) is 0 Å². The highest BCUT2D eigenvalue weighted by molar-refractivity contribution is 6.30. The first kappa shape index (κ1) is 15.7. The van der Waals surface area contributed by atoms with Gasteiger partial charge in [0.15, 0.2) is 0 Å². The summed E-state index contributed by atoms with van der Waals surface area (Å²) in [6, 6.07) is 5.54. The first-order valence-corrected chi connectivity index (χ1v) is 7.46. The predicted octanol–water partition coefficient (Wildman–Crippen LogP) is 2.50. The summed E-state index contributed by atoms with van der Waals surface area (Å²) < 4.78 is 13.3. The van der Waals surface area contributed by atoms with Crippen LogP contribution in [0.25, 0.3) is 0 Å². The van der Waals surface area contributed by atoms with Crippen LogP contribution in [0.5, 0.6) is 0 Å². The van der Waals surface area contributed by atoms with Gasteiger partial charge in [0.2, 0.25) is 0 Å². The van der Waals surface area contributed by atoms with E-state index in [2.05, 4.69) is 23.9 Å². The van der Waals surface area contributed by atoms with Crippen molar-refractivity contribution in [2.24, 2.45) is 5.73 Å². The molecule has 3 nitrogen and oxygen atoms in total. The molecule has 2 rings (SSSR count). The van der Waals surface area contributed by atoms with Crippen molar-refractivity contribution in [1.82, 2.24) is 9.80 Å². The van der Waals surface area contributed by atoms with Crippen LogP contribution in [-0.2, 0) is 0 Å². The van der Waals surface area contributed by atoms with Gasteiger partial charge in [0.1, 0.15) is 5.82 Å². The fraction of sp³-hybridized carbons (Fsp3) is 0.600. The van der Waals surface area contributed by atoms with Crippen LogP contribution in [0.15, 0.2) is 18.2 Å². The van der Waals surface area contributed by atoms with E-state index in [-0.39, 0.29) is 16.9 Å². The number of nitrogens with two attached hydrogens (primary N) is 1. The van der Waals surface area contributed by atoms with Gasteiger partial charge in [-0.2, -0.15) is 0 Å². The fourth-order valence-electron chi connectivity index (χ4n) is 3.07. The van der Waals surface area contributed by atoms with Crippen LogP contribution in [0.1, 0.15) is 24.4 Å². The minimum atomic E-state index is -0.377. The standard InChI is InChI=1S/C15H23ClFN3/c1-19(2)10-12-4-3-7-20(12)15(9-18)11-5-6-14(17)13(16)8-11/h5-6,8,12,15H,3-4,7,9-10,18H2,1-2H3. The lowest BCUT2D eigenvalue weighted by molar-refractivity contribution is 0.156. The first-order chi connectivity index (χ1) is 9.52. The van der Waals surface area contributed by atoms with E-state index in [0.717, 1.165) is 18.7 Å². The van der Waals surface area contributed by atoms with Gasteiger partial charge in [-0.25, -0.2) is 4.39 Å². The number of hydrogen-bond acceptors (Lipinski definition) is 3. The molecular weight excluding hydrogens is 277 g/mol. The zero-order valence-corrected chi connectivity index (χ0v) is 12.9. The third-order valence-electron chi connectivity index (χ3n) is 3.95. The van der Waals surface area contributed by atoms with E-state index in [0.29, 0.717) is 12.6 Å². The number of likely N-dealkylation sites (N-methyl/N-ethyl adjacent to an activating group) is 1. The molecule has 0 aliphatic carbocycles. The third-order valence-corrected chi connectivity index (χ3v) is 4.24. The van der Waals surface area contributed by atoms with Crippen molar-refractivity contribution < 1.29 is 4.39 Å². The molecule has 1 aromatic rings. The van der Waals surface area contributed by atoms with Crippen molar-refractivity contribution in [1.29, 1.82) is 0 Å². The predicted molar refractivity (Wildman–Crippen MR) is 81.5 cm³/mol. The van der Waals surface area contributed by atoms with Crippen molar-refractivity contribution in [3.63, 3.8) is 0 Å². The Balaban J connectivity index is 2.20. The second-order valence-corrected chi connectivity index (χ2v) is 6.13. The van der Waals surface area contributed by atoms with Gasteiger partial charge >= 0.3 is 0 Å². The Kier molecular flexibility index (Phi) is 5.38. The Morgan fingerprint density at radius 1 is 1.50 bits per heavy atom. The van der Waals surface area contributed by atoms with Crippen LogP contribution in [0, 0.1) is 5.82 Å².